The van der Waals surface area contributed by atoms with Crippen LogP contribution in [0, 0.1) is 5.92 Å². The van der Waals surface area contributed by atoms with Gasteiger partial charge in [0.1, 0.15) is 0 Å². The van der Waals surface area contributed by atoms with E-state index in [2.05, 4.69) is 27.6 Å². The summed E-state index contributed by atoms with van der Waals surface area (Å²) >= 11 is 3.27. The van der Waals surface area contributed by atoms with E-state index in [0.717, 1.165) is 17.3 Å². The molecule has 1 aromatic rings. The van der Waals surface area contributed by atoms with E-state index in [1.54, 1.807) is 24.3 Å². The Morgan fingerprint density at radius 2 is 2.05 bits per heavy atom. The molecule has 0 aromatic heterocycles. The van der Waals surface area contributed by atoms with Crippen LogP contribution in [0.1, 0.15) is 32.6 Å². The summed E-state index contributed by atoms with van der Waals surface area (Å²) in [5, 5.41) is 10.5. The third kappa shape index (κ3) is 4.04. The van der Waals surface area contributed by atoms with E-state index >= 15 is 0 Å². The second-order valence-corrected chi connectivity index (χ2v) is 8.39. The van der Waals surface area contributed by atoms with Crippen molar-refractivity contribution in [1.29, 1.82) is 0 Å². The quantitative estimate of drug-likeness (QED) is 0.866. The van der Waals surface area contributed by atoms with Crippen molar-refractivity contribution >= 4 is 26.0 Å². The molecule has 4 nitrogen and oxygen atoms in total. The first-order valence-corrected chi connectivity index (χ1v) is 9.06. The highest BCUT2D eigenvalue weighted by Gasteiger charge is 2.33. The smallest absolute Gasteiger partial charge is 0.240 e. The van der Waals surface area contributed by atoms with E-state index < -0.39 is 15.6 Å². The predicted octanol–water partition coefficient (Wildman–Crippen LogP) is 2.67. The van der Waals surface area contributed by atoms with Gasteiger partial charge in [-0.3, -0.25) is 0 Å². The van der Waals surface area contributed by atoms with Crippen LogP contribution in [0.3, 0.4) is 0 Å². The third-order valence-electron chi connectivity index (χ3n) is 3.78. The van der Waals surface area contributed by atoms with Crippen molar-refractivity contribution in [3.05, 3.63) is 28.7 Å². The first-order chi connectivity index (χ1) is 9.31. The zero-order valence-corrected chi connectivity index (χ0v) is 13.9. The van der Waals surface area contributed by atoms with E-state index in [4.69, 9.17) is 0 Å². The molecule has 2 rings (SSSR count). The number of halogens is 1. The molecule has 1 aromatic carbocycles. The Hall–Kier alpha value is -0.430. The summed E-state index contributed by atoms with van der Waals surface area (Å²) in [5.74, 6) is 0.436. The molecule has 1 fully saturated rings. The van der Waals surface area contributed by atoms with E-state index in [9.17, 15) is 13.5 Å². The van der Waals surface area contributed by atoms with E-state index in [1.165, 1.54) is 0 Å². The summed E-state index contributed by atoms with van der Waals surface area (Å²) in [5.41, 5.74) is -0.917. The highest BCUT2D eigenvalue weighted by Crippen LogP contribution is 2.31. The highest BCUT2D eigenvalue weighted by atomic mass is 79.9. The molecular weight excluding hydrogens is 342 g/mol. The maximum atomic E-state index is 12.2. The molecule has 0 heterocycles. The molecule has 20 heavy (non-hydrogen) atoms. The number of aliphatic hydroxyl groups is 1. The van der Waals surface area contributed by atoms with Crippen molar-refractivity contribution in [2.75, 3.05) is 6.54 Å². The molecule has 2 N–H and O–H groups in total. The third-order valence-corrected chi connectivity index (χ3v) is 5.73. The second-order valence-electron chi connectivity index (χ2n) is 5.70. The van der Waals surface area contributed by atoms with Gasteiger partial charge in [-0.1, -0.05) is 35.7 Å². The summed E-state index contributed by atoms with van der Waals surface area (Å²) in [6.45, 7) is 2.17. The van der Waals surface area contributed by atoms with Gasteiger partial charge in [0, 0.05) is 11.0 Å². The number of hydrogen-bond donors (Lipinski definition) is 2. The van der Waals surface area contributed by atoms with Crippen molar-refractivity contribution in [2.45, 2.75) is 43.1 Å². The van der Waals surface area contributed by atoms with Gasteiger partial charge in [0.2, 0.25) is 10.0 Å². The first kappa shape index (κ1) is 15.9. The minimum absolute atomic E-state index is 0.0791. The van der Waals surface area contributed by atoms with Crippen molar-refractivity contribution in [3.63, 3.8) is 0 Å². The average Bonchev–Trinajstić information content (AvgIpc) is 2.37. The fraction of sp³-hybridized carbons (Fsp3) is 0.571. The SMILES string of the molecule is CC1CCCC(O)(CNS(=O)(=O)c2ccc(Br)cc2)C1. The fourth-order valence-corrected chi connectivity index (χ4v) is 4.10. The molecule has 6 heteroatoms. The Labute approximate surface area is 128 Å². The zero-order valence-electron chi connectivity index (χ0n) is 11.5. The fourth-order valence-electron chi connectivity index (χ4n) is 2.72. The van der Waals surface area contributed by atoms with Gasteiger partial charge in [-0.25, -0.2) is 13.1 Å². The topological polar surface area (TPSA) is 66.4 Å². The maximum absolute atomic E-state index is 12.2. The van der Waals surface area contributed by atoms with E-state index in [1.807, 2.05) is 0 Å². The predicted molar refractivity (Wildman–Crippen MR) is 81.9 cm³/mol. The lowest BCUT2D eigenvalue weighted by Crippen LogP contribution is -2.45. The second kappa shape index (κ2) is 6.13. The van der Waals surface area contributed by atoms with Crippen LogP contribution < -0.4 is 4.72 Å². The number of benzene rings is 1. The van der Waals surface area contributed by atoms with Gasteiger partial charge in [-0.2, -0.15) is 0 Å². The molecule has 112 valence electrons. The molecule has 0 saturated heterocycles. The molecule has 1 aliphatic carbocycles. The van der Waals surface area contributed by atoms with Crippen molar-refractivity contribution in [1.82, 2.24) is 4.72 Å². The number of rotatable bonds is 4. The maximum Gasteiger partial charge on any atom is 0.240 e. The summed E-state index contributed by atoms with van der Waals surface area (Å²) < 4.78 is 27.7. The normalized spacial score (nSPS) is 27.4. The van der Waals surface area contributed by atoms with Gasteiger partial charge in [-0.05, 0) is 43.0 Å². The van der Waals surface area contributed by atoms with Gasteiger partial charge in [0.25, 0.3) is 0 Å². The molecule has 0 spiro atoms. The van der Waals surface area contributed by atoms with E-state index in [0.29, 0.717) is 18.8 Å². The molecule has 1 saturated carbocycles. The van der Waals surface area contributed by atoms with Gasteiger partial charge in [0.05, 0.1) is 10.5 Å². The summed E-state index contributed by atoms with van der Waals surface area (Å²) in [7, 11) is -3.56. The van der Waals surface area contributed by atoms with Crippen LogP contribution in [-0.4, -0.2) is 25.7 Å². The van der Waals surface area contributed by atoms with Crippen LogP contribution in [0.15, 0.2) is 33.6 Å². The van der Waals surface area contributed by atoms with Crippen molar-refractivity contribution in [2.24, 2.45) is 5.92 Å². The van der Waals surface area contributed by atoms with Crippen molar-refractivity contribution < 1.29 is 13.5 Å². The van der Waals surface area contributed by atoms with Crippen LogP contribution in [0.5, 0.6) is 0 Å². The monoisotopic (exact) mass is 361 g/mol. The molecule has 2 atom stereocenters. The number of hydrogen-bond acceptors (Lipinski definition) is 3. The Morgan fingerprint density at radius 1 is 1.40 bits per heavy atom. The van der Waals surface area contributed by atoms with Gasteiger partial charge in [0.15, 0.2) is 0 Å². The largest absolute Gasteiger partial charge is 0.389 e. The average molecular weight is 362 g/mol. The Morgan fingerprint density at radius 3 is 2.65 bits per heavy atom. The standard InChI is InChI=1S/C14H20BrNO3S/c1-11-3-2-8-14(17,9-11)10-16-20(18,19)13-6-4-12(15)5-7-13/h4-7,11,16-17H,2-3,8-10H2,1H3. The van der Waals surface area contributed by atoms with Crippen LogP contribution in [0.25, 0.3) is 0 Å². The molecule has 0 aliphatic heterocycles. The highest BCUT2D eigenvalue weighted by molar-refractivity contribution is 9.10. The molecule has 2 unspecified atom stereocenters. The van der Waals surface area contributed by atoms with Crippen LogP contribution in [0.4, 0.5) is 0 Å². The molecule has 0 bridgehead atoms. The Kier molecular flexibility index (Phi) is 4.89. The van der Waals surface area contributed by atoms with Gasteiger partial charge >= 0.3 is 0 Å². The number of sulfonamides is 1. The van der Waals surface area contributed by atoms with Crippen LogP contribution in [-0.2, 0) is 10.0 Å². The Balaban J connectivity index is 2.04. The lowest BCUT2D eigenvalue weighted by atomic mass is 9.79. The Bertz CT molecular complexity index is 558. The lowest BCUT2D eigenvalue weighted by Gasteiger charge is -2.35. The van der Waals surface area contributed by atoms with Crippen LogP contribution >= 0.6 is 15.9 Å². The molecule has 0 radical (unpaired) electrons. The van der Waals surface area contributed by atoms with E-state index in [-0.39, 0.29) is 11.4 Å². The lowest BCUT2D eigenvalue weighted by molar-refractivity contribution is -0.00751. The minimum atomic E-state index is -3.56. The molecule has 0 amide bonds. The summed E-state index contributed by atoms with van der Waals surface area (Å²) in [6, 6.07) is 6.46. The minimum Gasteiger partial charge on any atom is -0.389 e. The first-order valence-electron chi connectivity index (χ1n) is 6.78. The van der Waals surface area contributed by atoms with Gasteiger partial charge in [-0.15, -0.1) is 0 Å². The van der Waals surface area contributed by atoms with Crippen molar-refractivity contribution in [3.8, 4) is 0 Å². The summed E-state index contributed by atoms with van der Waals surface area (Å²) in [4.78, 5) is 0.216. The van der Waals surface area contributed by atoms with Crippen LogP contribution in [0.2, 0.25) is 0 Å². The zero-order chi connectivity index (χ0) is 14.8. The number of nitrogens with one attached hydrogen (secondary N) is 1. The molecular formula is C14H20BrNO3S. The molecule has 1 aliphatic rings. The summed E-state index contributed by atoms with van der Waals surface area (Å²) in [6.07, 6.45) is 3.34. The van der Waals surface area contributed by atoms with Gasteiger partial charge < -0.3 is 5.11 Å².